The van der Waals surface area contributed by atoms with Crippen molar-refractivity contribution in [3.8, 4) is 17.1 Å². The summed E-state index contributed by atoms with van der Waals surface area (Å²) in [6, 6.07) is 14.4. The van der Waals surface area contributed by atoms with E-state index in [1.807, 2.05) is 18.2 Å². The van der Waals surface area contributed by atoms with Crippen LogP contribution in [0, 0.1) is 6.92 Å². The van der Waals surface area contributed by atoms with E-state index >= 15 is 0 Å². The summed E-state index contributed by atoms with van der Waals surface area (Å²) in [4.78, 5) is 11.9. The zero-order chi connectivity index (χ0) is 19.7. The Morgan fingerprint density at radius 2 is 1.96 bits per heavy atom. The highest BCUT2D eigenvalue weighted by Crippen LogP contribution is 2.30. The molecule has 2 aromatic carbocycles. The van der Waals surface area contributed by atoms with Gasteiger partial charge in [0.05, 0.1) is 0 Å². The molecule has 0 fully saturated rings. The van der Waals surface area contributed by atoms with Crippen molar-refractivity contribution in [3.63, 3.8) is 0 Å². The predicted molar refractivity (Wildman–Crippen MR) is 110 cm³/mol. The van der Waals surface area contributed by atoms with Gasteiger partial charge in [-0.25, -0.2) is 4.79 Å². The van der Waals surface area contributed by atoms with Crippen LogP contribution in [-0.4, -0.2) is 19.9 Å². The second-order valence-electron chi connectivity index (χ2n) is 6.43. The normalized spacial score (nSPS) is 11.2. The molecule has 7 heteroatoms. The number of thioether (sulfide) groups is 1. The Hall–Kier alpha value is -3.06. The molecular weight excluding hydrogens is 374 g/mol. The number of phenolic OH excluding ortho intramolecular Hbond substituents is 1. The molecule has 2 heterocycles. The van der Waals surface area contributed by atoms with Gasteiger partial charge in [-0.2, -0.15) is 0 Å². The maximum absolute atomic E-state index is 11.9. The fourth-order valence-corrected chi connectivity index (χ4v) is 4.18. The highest BCUT2D eigenvalue weighted by Gasteiger charge is 2.15. The summed E-state index contributed by atoms with van der Waals surface area (Å²) in [6.45, 7) is 4.86. The van der Waals surface area contributed by atoms with Crippen molar-refractivity contribution in [2.45, 2.75) is 31.3 Å². The molecule has 28 heavy (non-hydrogen) atoms. The fraction of sp³-hybridized carbons (Fsp3) is 0.190. The van der Waals surface area contributed by atoms with Gasteiger partial charge in [-0.15, -0.1) is 10.2 Å². The molecule has 0 radical (unpaired) electrons. The molecule has 0 unspecified atom stereocenters. The van der Waals surface area contributed by atoms with Crippen molar-refractivity contribution < 1.29 is 9.52 Å². The molecule has 142 valence electrons. The molecule has 0 aliphatic carbocycles. The summed E-state index contributed by atoms with van der Waals surface area (Å²) in [5.41, 5.74) is 2.98. The standard InChI is InChI=1S/C21H19N3O3S/c1-3-24-20(16-7-5-4-6-13(16)2)22-23-21(24)28-12-14-10-19(26)27-18-11-15(25)8-9-17(14)18/h4-11,25H,3,12H2,1-2H3. The predicted octanol–water partition coefficient (Wildman–Crippen LogP) is 4.38. The molecule has 0 saturated heterocycles. The lowest BCUT2D eigenvalue weighted by atomic mass is 10.1. The number of phenols is 1. The van der Waals surface area contributed by atoms with Crippen molar-refractivity contribution >= 4 is 22.7 Å². The molecule has 0 atom stereocenters. The molecule has 4 aromatic rings. The van der Waals surface area contributed by atoms with E-state index in [1.54, 1.807) is 12.1 Å². The van der Waals surface area contributed by atoms with E-state index in [1.165, 1.54) is 23.9 Å². The van der Waals surface area contributed by atoms with Gasteiger partial charge in [0.15, 0.2) is 11.0 Å². The van der Waals surface area contributed by atoms with E-state index in [4.69, 9.17) is 4.42 Å². The van der Waals surface area contributed by atoms with Gasteiger partial charge < -0.3 is 14.1 Å². The second-order valence-corrected chi connectivity index (χ2v) is 7.37. The summed E-state index contributed by atoms with van der Waals surface area (Å²) in [5.74, 6) is 1.44. The van der Waals surface area contributed by atoms with Gasteiger partial charge in [0.1, 0.15) is 11.3 Å². The number of fused-ring (bicyclic) bond motifs is 1. The molecule has 6 nitrogen and oxygen atoms in total. The number of aryl methyl sites for hydroxylation is 1. The van der Waals surface area contributed by atoms with Crippen molar-refractivity contribution in [1.29, 1.82) is 0 Å². The summed E-state index contributed by atoms with van der Waals surface area (Å²) < 4.78 is 7.27. The zero-order valence-corrected chi connectivity index (χ0v) is 16.4. The van der Waals surface area contributed by atoms with Crippen LogP contribution in [0.15, 0.2) is 62.9 Å². The summed E-state index contributed by atoms with van der Waals surface area (Å²) in [7, 11) is 0. The highest BCUT2D eigenvalue weighted by molar-refractivity contribution is 7.98. The van der Waals surface area contributed by atoms with Crippen LogP contribution in [-0.2, 0) is 12.3 Å². The average Bonchev–Trinajstić information content (AvgIpc) is 3.08. The molecule has 2 aromatic heterocycles. The number of rotatable bonds is 5. The zero-order valence-electron chi connectivity index (χ0n) is 15.5. The van der Waals surface area contributed by atoms with E-state index in [9.17, 15) is 9.90 Å². The minimum Gasteiger partial charge on any atom is -0.508 e. The van der Waals surface area contributed by atoms with Gasteiger partial charge >= 0.3 is 5.63 Å². The summed E-state index contributed by atoms with van der Waals surface area (Å²) in [6.07, 6.45) is 0. The van der Waals surface area contributed by atoms with E-state index in [0.717, 1.165) is 39.6 Å². The molecule has 0 saturated carbocycles. The largest absolute Gasteiger partial charge is 0.508 e. The number of aromatic hydroxyl groups is 1. The molecule has 0 aliphatic heterocycles. The van der Waals surface area contributed by atoms with E-state index in [-0.39, 0.29) is 5.75 Å². The number of hydrogen-bond donors (Lipinski definition) is 1. The van der Waals surface area contributed by atoms with Crippen molar-refractivity contribution in [2.24, 2.45) is 0 Å². The quantitative estimate of drug-likeness (QED) is 0.400. The van der Waals surface area contributed by atoms with Gasteiger partial charge in [-0.3, -0.25) is 0 Å². The number of nitrogens with zero attached hydrogens (tertiary/aromatic N) is 3. The van der Waals surface area contributed by atoms with Crippen LogP contribution in [0.1, 0.15) is 18.1 Å². The van der Waals surface area contributed by atoms with Gasteiger partial charge in [0.2, 0.25) is 0 Å². The minimum absolute atomic E-state index is 0.0639. The molecule has 4 rings (SSSR count). The first-order valence-electron chi connectivity index (χ1n) is 8.94. The van der Waals surface area contributed by atoms with E-state index in [2.05, 4.69) is 34.7 Å². The average molecular weight is 393 g/mol. The van der Waals surface area contributed by atoms with Gasteiger partial charge in [0.25, 0.3) is 0 Å². The third-order valence-electron chi connectivity index (χ3n) is 4.59. The van der Waals surface area contributed by atoms with Gasteiger partial charge in [-0.1, -0.05) is 36.0 Å². The highest BCUT2D eigenvalue weighted by atomic mass is 32.2. The summed E-state index contributed by atoms with van der Waals surface area (Å²) >= 11 is 1.52. The smallest absolute Gasteiger partial charge is 0.336 e. The number of hydrogen-bond acceptors (Lipinski definition) is 6. The molecule has 0 amide bonds. The van der Waals surface area contributed by atoms with Crippen molar-refractivity contribution in [2.75, 3.05) is 0 Å². The minimum atomic E-state index is -0.439. The lowest BCUT2D eigenvalue weighted by Gasteiger charge is -2.09. The maximum atomic E-state index is 11.9. The maximum Gasteiger partial charge on any atom is 0.336 e. The van der Waals surface area contributed by atoms with Crippen LogP contribution in [0.5, 0.6) is 5.75 Å². The lowest BCUT2D eigenvalue weighted by molar-refractivity contribution is 0.473. The van der Waals surface area contributed by atoms with Crippen LogP contribution in [0.2, 0.25) is 0 Å². The Morgan fingerprint density at radius 1 is 1.14 bits per heavy atom. The molecule has 0 aliphatic rings. The first-order valence-corrected chi connectivity index (χ1v) is 9.93. The number of aromatic nitrogens is 3. The summed E-state index contributed by atoms with van der Waals surface area (Å²) in [5, 5.41) is 20.0. The van der Waals surface area contributed by atoms with Crippen LogP contribution < -0.4 is 5.63 Å². The second kappa shape index (κ2) is 7.52. The topological polar surface area (TPSA) is 81.2 Å². The molecule has 0 bridgehead atoms. The van der Waals surface area contributed by atoms with Crippen LogP contribution in [0.25, 0.3) is 22.4 Å². The first kappa shape index (κ1) is 18.3. The Bertz CT molecular complexity index is 1210. The van der Waals surface area contributed by atoms with Gasteiger partial charge in [-0.05, 0) is 37.1 Å². The SMILES string of the molecule is CCn1c(SCc2cc(=O)oc3cc(O)ccc23)nnc1-c1ccccc1C. The van der Waals surface area contributed by atoms with Crippen molar-refractivity contribution in [3.05, 3.63) is 70.1 Å². The first-order chi connectivity index (χ1) is 13.6. The van der Waals surface area contributed by atoms with Crippen LogP contribution in [0.3, 0.4) is 0 Å². The van der Waals surface area contributed by atoms with E-state index < -0.39 is 5.63 Å². The van der Waals surface area contributed by atoms with Crippen LogP contribution in [0.4, 0.5) is 0 Å². The Kier molecular flexibility index (Phi) is 4.92. The molecule has 0 spiro atoms. The third-order valence-corrected chi connectivity index (χ3v) is 5.61. The molecular formula is C21H19N3O3S. The Morgan fingerprint density at radius 3 is 2.75 bits per heavy atom. The third kappa shape index (κ3) is 3.41. The molecule has 1 N–H and O–H groups in total. The van der Waals surface area contributed by atoms with Gasteiger partial charge in [0, 0.05) is 35.4 Å². The monoisotopic (exact) mass is 393 g/mol. The van der Waals surface area contributed by atoms with Crippen molar-refractivity contribution in [1.82, 2.24) is 14.8 Å². The van der Waals surface area contributed by atoms with Crippen LogP contribution >= 0.6 is 11.8 Å². The lowest BCUT2D eigenvalue weighted by Crippen LogP contribution is -2.02. The Balaban J connectivity index is 1.67. The number of benzene rings is 2. The fourth-order valence-electron chi connectivity index (χ4n) is 3.18. The Labute approximate surface area is 165 Å². The van der Waals surface area contributed by atoms with E-state index in [0.29, 0.717) is 11.3 Å².